The van der Waals surface area contributed by atoms with Crippen LogP contribution < -0.4 is 0 Å². The molecule has 2 nitrogen and oxygen atoms in total. The zero-order valence-corrected chi connectivity index (χ0v) is 7.92. The quantitative estimate of drug-likeness (QED) is 0.456. The molecule has 70 valence electrons. The van der Waals surface area contributed by atoms with E-state index in [4.69, 9.17) is 11.5 Å². The number of hydrogen-bond acceptors (Lipinski definition) is 2. The first-order valence-corrected chi connectivity index (χ1v) is 4.61. The van der Waals surface area contributed by atoms with E-state index in [0.29, 0.717) is 0 Å². The SMILES string of the molecule is C#CCCCN(CCC)CCO. The molecule has 0 fully saturated rings. The highest BCUT2D eigenvalue weighted by Gasteiger charge is 2.00. The molecule has 0 atom stereocenters. The van der Waals surface area contributed by atoms with E-state index in [9.17, 15) is 0 Å². The first kappa shape index (κ1) is 11.5. The highest BCUT2D eigenvalue weighted by atomic mass is 16.3. The van der Waals surface area contributed by atoms with Gasteiger partial charge in [0.15, 0.2) is 0 Å². The van der Waals surface area contributed by atoms with Crippen molar-refractivity contribution in [2.75, 3.05) is 26.2 Å². The molecule has 2 heteroatoms. The lowest BCUT2D eigenvalue weighted by Crippen LogP contribution is -2.28. The topological polar surface area (TPSA) is 23.5 Å². The van der Waals surface area contributed by atoms with Gasteiger partial charge in [-0.05, 0) is 25.9 Å². The van der Waals surface area contributed by atoms with E-state index in [0.717, 1.165) is 38.9 Å². The number of unbranched alkanes of at least 4 members (excludes halogenated alkanes) is 1. The lowest BCUT2D eigenvalue weighted by molar-refractivity contribution is 0.195. The summed E-state index contributed by atoms with van der Waals surface area (Å²) < 4.78 is 0. The van der Waals surface area contributed by atoms with Crippen LogP contribution in [0.5, 0.6) is 0 Å². The van der Waals surface area contributed by atoms with Gasteiger partial charge in [-0.25, -0.2) is 0 Å². The number of rotatable bonds is 7. The molecule has 0 rings (SSSR count). The van der Waals surface area contributed by atoms with Gasteiger partial charge in [0.1, 0.15) is 0 Å². The predicted octanol–water partition coefficient (Wildman–Crippen LogP) is 1.10. The van der Waals surface area contributed by atoms with Crippen molar-refractivity contribution >= 4 is 0 Å². The Balaban J connectivity index is 3.42. The molecule has 0 saturated heterocycles. The molecule has 0 saturated carbocycles. The van der Waals surface area contributed by atoms with Crippen LogP contribution in [0.2, 0.25) is 0 Å². The van der Waals surface area contributed by atoms with Crippen molar-refractivity contribution in [3.05, 3.63) is 0 Å². The highest BCUT2D eigenvalue weighted by Crippen LogP contribution is 1.95. The average Bonchev–Trinajstić information content (AvgIpc) is 2.06. The molecule has 0 amide bonds. The molecule has 12 heavy (non-hydrogen) atoms. The van der Waals surface area contributed by atoms with Crippen LogP contribution in [0, 0.1) is 12.3 Å². The van der Waals surface area contributed by atoms with Gasteiger partial charge >= 0.3 is 0 Å². The number of hydrogen-bond donors (Lipinski definition) is 1. The van der Waals surface area contributed by atoms with E-state index in [-0.39, 0.29) is 6.61 Å². The van der Waals surface area contributed by atoms with Crippen LogP contribution in [0.4, 0.5) is 0 Å². The fourth-order valence-electron chi connectivity index (χ4n) is 1.20. The van der Waals surface area contributed by atoms with Gasteiger partial charge in [-0.1, -0.05) is 6.92 Å². The second-order valence-electron chi connectivity index (χ2n) is 2.87. The smallest absolute Gasteiger partial charge is 0.0558 e. The summed E-state index contributed by atoms with van der Waals surface area (Å²) >= 11 is 0. The minimum absolute atomic E-state index is 0.246. The van der Waals surface area contributed by atoms with Gasteiger partial charge in [0.2, 0.25) is 0 Å². The summed E-state index contributed by atoms with van der Waals surface area (Å²) in [6, 6.07) is 0. The minimum atomic E-state index is 0.246. The van der Waals surface area contributed by atoms with Crippen molar-refractivity contribution in [2.45, 2.75) is 26.2 Å². The molecule has 0 aliphatic rings. The molecule has 0 aromatic carbocycles. The monoisotopic (exact) mass is 169 g/mol. The summed E-state index contributed by atoms with van der Waals surface area (Å²) in [7, 11) is 0. The van der Waals surface area contributed by atoms with Crippen molar-refractivity contribution in [1.29, 1.82) is 0 Å². The molecule has 0 bridgehead atoms. The number of aliphatic hydroxyl groups is 1. The van der Waals surface area contributed by atoms with Gasteiger partial charge in [-0.15, -0.1) is 12.3 Å². The first-order valence-electron chi connectivity index (χ1n) is 4.61. The summed E-state index contributed by atoms with van der Waals surface area (Å²) in [5.41, 5.74) is 0. The zero-order chi connectivity index (χ0) is 9.23. The second-order valence-corrected chi connectivity index (χ2v) is 2.87. The van der Waals surface area contributed by atoms with Crippen LogP contribution >= 0.6 is 0 Å². The van der Waals surface area contributed by atoms with E-state index in [1.54, 1.807) is 0 Å². The van der Waals surface area contributed by atoms with Crippen LogP contribution in [0.25, 0.3) is 0 Å². The normalized spacial score (nSPS) is 10.2. The molecule has 0 spiro atoms. The van der Waals surface area contributed by atoms with E-state index in [2.05, 4.69) is 17.7 Å². The summed E-state index contributed by atoms with van der Waals surface area (Å²) in [6.07, 6.45) is 8.16. The minimum Gasteiger partial charge on any atom is -0.395 e. The highest BCUT2D eigenvalue weighted by molar-refractivity contribution is 4.83. The predicted molar refractivity (Wildman–Crippen MR) is 51.9 cm³/mol. The van der Waals surface area contributed by atoms with Gasteiger partial charge in [0.25, 0.3) is 0 Å². The maximum Gasteiger partial charge on any atom is 0.0558 e. The van der Waals surface area contributed by atoms with Crippen molar-refractivity contribution in [3.8, 4) is 12.3 Å². The Hall–Kier alpha value is -0.520. The van der Waals surface area contributed by atoms with Crippen molar-refractivity contribution < 1.29 is 5.11 Å². The molecular formula is C10H19NO. The standard InChI is InChI=1S/C10H19NO/c1-3-5-6-8-11(7-4-2)9-10-12/h1,12H,4-10H2,2H3. The summed E-state index contributed by atoms with van der Waals surface area (Å²) in [5, 5.41) is 8.74. The average molecular weight is 169 g/mol. The Bertz CT molecular complexity index is 122. The molecule has 0 heterocycles. The second kappa shape index (κ2) is 8.58. The number of terminal acetylenes is 1. The van der Waals surface area contributed by atoms with Gasteiger partial charge in [0.05, 0.1) is 6.61 Å². The van der Waals surface area contributed by atoms with Gasteiger partial charge < -0.3 is 10.0 Å². The third-order valence-corrected chi connectivity index (χ3v) is 1.75. The summed E-state index contributed by atoms with van der Waals surface area (Å²) in [5.74, 6) is 2.62. The van der Waals surface area contributed by atoms with Crippen LogP contribution in [0.15, 0.2) is 0 Å². The largest absolute Gasteiger partial charge is 0.395 e. The van der Waals surface area contributed by atoms with Gasteiger partial charge in [-0.3, -0.25) is 0 Å². The Morgan fingerprint density at radius 3 is 2.58 bits per heavy atom. The Morgan fingerprint density at radius 1 is 1.33 bits per heavy atom. The van der Waals surface area contributed by atoms with E-state index in [1.807, 2.05) is 0 Å². The third-order valence-electron chi connectivity index (χ3n) is 1.75. The Labute approximate surface area is 75.6 Å². The lowest BCUT2D eigenvalue weighted by atomic mass is 10.3. The Kier molecular flexibility index (Phi) is 8.20. The molecule has 0 aromatic heterocycles. The fourth-order valence-corrected chi connectivity index (χ4v) is 1.20. The van der Waals surface area contributed by atoms with Crippen LogP contribution in [0.1, 0.15) is 26.2 Å². The van der Waals surface area contributed by atoms with Crippen LogP contribution in [-0.4, -0.2) is 36.2 Å². The maximum atomic E-state index is 8.74. The van der Waals surface area contributed by atoms with Crippen LogP contribution in [0.3, 0.4) is 0 Å². The Morgan fingerprint density at radius 2 is 2.08 bits per heavy atom. The lowest BCUT2D eigenvalue weighted by Gasteiger charge is -2.19. The van der Waals surface area contributed by atoms with E-state index < -0.39 is 0 Å². The summed E-state index contributed by atoms with van der Waals surface area (Å²) in [6.45, 7) is 5.24. The fraction of sp³-hybridized carbons (Fsp3) is 0.800. The molecule has 0 aliphatic heterocycles. The van der Waals surface area contributed by atoms with Gasteiger partial charge in [0, 0.05) is 13.0 Å². The molecule has 0 aliphatic carbocycles. The maximum absolute atomic E-state index is 8.74. The number of aliphatic hydroxyl groups excluding tert-OH is 1. The van der Waals surface area contributed by atoms with Crippen LogP contribution in [-0.2, 0) is 0 Å². The summed E-state index contributed by atoms with van der Waals surface area (Å²) in [4.78, 5) is 2.25. The third kappa shape index (κ3) is 6.21. The van der Waals surface area contributed by atoms with Crippen molar-refractivity contribution in [3.63, 3.8) is 0 Å². The van der Waals surface area contributed by atoms with Crippen molar-refractivity contribution in [1.82, 2.24) is 4.90 Å². The van der Waals surface area contributed by atoms with Gasteiger partial charge in [-0.2, -0.15) is 0 Å². The molecular weight excluding hydrogens is 150 g/mol. The first-order chi connectivity index (χ1) is 5.85. The molecule has 0 radical (unpaired) electrons. The molecule has 0 unspecified atom stereocenters. The number of nitrogens with zero attached hydrogens (tertiary/aromatic N) is 1. The van der Waals surface area contributed by atoms with E-state index >= 15 is 0 Å². The van der Waals surface area contributed by atoms with E-state index in [1.165, 1.54) is 0 Å². The molecule has 1 N–H and O–H groups in total. The molecule has 0 aromatic rings. The zero-order valence-electron chi connectivity index (χ0n) is 7.92. The van der Waals surface area contributed by atoms with Crippen molar-refractivity contribution in [2.24, 2.45) is 0 Å².